The minimum Gasteiger partial charge on any atom is -0.444 e. The minimum absolute atomic E-state index is 0.0538. The van der Waals surface area contributed by atoms with Crippen LogP contribution in [-0.2, 0) is 9.53 Å². The molecular formula is C5H4Br4O2. The average molecular weight is 416 g/mol. The molecule has 11 heavy (non-hydrogen) atoms. The maximum absolute atomic E-state index is 11.0. The van der Waals surface area contributed by atoms with Gasteiger partial charge >= 0.3 is 5.97 Å². The van der Waals surface area contributed by atoms with Crippen molar-refractivity contribution < 1.29 is 9.53 Å². The first-order chi connectivity index (χ1) is 5.01. The summed E-state index contributed by atoms with van der Waals surface area (Å²) in [6.45, 7) is 0. The Balaban J connectivity index is 2.82. The van der Waals surface area contributed by atoms with Crippen molar-refractivity contribution in [3.63, 3.8) is 0 Å². The van der Waals surface area contributed by atoms with Crippen LogP contribution >= 0.6 is 63.7 Å². The Morgan fingerprint density at radius 1 is 1.55 bits per heavy atom. The van der Waals surface area contributed by atoms with Crippen molar-refractivity contribution in [1.82, 2.24) is 0 Å². The van der Waals surface area contributed by atoms with Crippen LogP contribution in [0.2, 0.25) is 0 Å². The van der Waals surface area contributed by atoms with Crippen LogP contribution in [0.1, 0.15) is 0 Å². The highest BCUT2D eigenvalue weighted by Gasteiger charge is 2.51. The summed E-state index contributed by atoms with van der Waals surface area (Å²) < 4.78 is 4.45. The summed E-state index contributed by atoms with van der Waals surface area (Å²) in [5, 5.41) is 0.559. The van der Waals surface area contributed by atoms with Crippen molar-refractivity contribution in [2.45, 2.75) is 14.2 Å². The van der Waals surface area contributed by atoms with Crippen LogP contribution < -0.4 is 0 Å². The molecule has 1 aliphatic heterocycles. The molecule has 0 aliphatic carbocycles. The highest BCUT2D eigenvalue weighted by atomic mass is 79.9. The van der Waals surface area contributed by atoms with E-state index in [0.29, 0.717) is 5.33 Å². The number of carbonyl (C=O) groups excluding carboxylic acids is 1. The third kappa shape index (κ3) is 1.84. The van der Waals surface area contributed by atoms with E-state index in [1.54, 1.807) is 0 Å². The fourth-order valence-electron chi connectivity index (χ4n) is 0.719. The van der Waals surface area contributed by atoms with E-state index < -0.39 is 4.51 Å². The van der Waals surface area contributed by atoms with E-state index in [2.05, 4.69) is 63.7 Å². The smallest absolute Gasteiger partial charge is 0.322 e. The van der Waals surface area contributed by atoms with Gasteiger partial charge in [-0.25, -0.2) is 0 Å². The molecular weight excluding hydrogens is 412 g/mol. The van der Waals surface area contributed by atoms with E-state index in [9.17, 15) is 4.79 Å². The van der Waals surface area contributed by atoms with Gasteiger partial charge in [-0.1, -0.05) is 47.8 Å². The van der Waals surface area contributed by atoms with Gasteiger partial charge < -0.3 is 4.74 Å². The molecule has 0 saturated carbocycles. The van der Waals surface area contributed by atoms with Crippen molar-refractivity contribution in [3.05, 3.63) is 0 Å². The minimum atomic E-state index is -0.613. The molecule has 0 aromatic rings. The molecule has 1 saturated heterocycles. The molecule has 3 unspecified atom stereocenters. The molecule has 64 valence electrons. The first-order valence-electron chi connectivity index (χ1n) is 2.77. The van der Waals surface area contributed by atoms with Gasteiger partial charge in [0.05, 0.1) is 10.2 Å². The second-order valence-corrected chi connectivity index (χ2v) is 6.02. The predicted molar refractivity (Wildman–Crippen MR) is 57.0 cm³/mol. The Labute approximate surface area is 97.9 Å². The first-order valence-corrected chi connectivity index (χ1v) is 6.52. The number of cyclic esters (lactones) is 1. The van der Waals surface area contributed by atoms with Crippen molar-refractivity contribution in [2.24, 2.45) is 0 Å². The van der Waals surface area contributed by atoms with Gasteiger partial charge in [-0.2, -0.15) is 0 Å². The van der Waals surface area contributed by atoms with Gasteiger partial charge in [-0.3, -0.25) is 4.79 Å². The summed E-state index contributed by atoms with van der Waals surface area (Å²) in [6, 6.07) is 0. The van der Waals surface area contributed by atoms with Crippen LogP contribution in [-0.4, -0.2) is 25.5 Å². The zero-order valence-electron chi connectivity index (χ0n) is 5.19. The number of halogens is 4. The fraction of sp³-hybridized carbons (Fsp3) is 0.800. The molecule has 2 nitrogen and oxygen atoms in total. The van der Waals surface area contributed by atoms with E-state index >= 15 is 0 Å². The molecule has 1 fully saturated rings. The lowest BCUT2D eigenvalue weighted by atomic mass is 10.2. The lowest BCUT2D eigenvalue weighted by Gasteiger charge is -2.20. The Morgan fingerprint density at radius 3 is 2.27 bits per heavy atom. The van der Waals surface area contributed by atoms with Gasteiger partial charge in [-0.05, 0) is 15.9 Å². The van der Waals surface area contributed by atoms with Crippen LogP contribution in [0, 0.1) is 0 Å². The molecule has 0 radical (unpaired) electrons. The van der Waals surface area contributed by atoms with E-state index in [4.69, 9.17) is 4.74 Å². The molecule has 0 N–H and O–H groups in total. The lowest BCUT2D eigenvalue weighted by Crippen LogP contribution is -2.32. The van der Waals surface area contributed by atoms with Gasteiger partial charge in [0.1, 0.15) is 4.83 Å². The van der Waals surface area contributed by atoms with Crippen LogP contribution in [0.15, 0.2) is 0 Å². The Kier molecular flexibility index (Phi) is 3.46. The maximum Gasteiger partial charge on any atom is 0.322 e. The second-order valence-electron chi connectivity index (χ2n) is 2.14. The summed E-state index contributed by atoms with van der Waals surface area (Å²) in [7, 11) is 0. The standard InChI is InChI=1S/C5H4Br4O2/c6-1-5(9)3(8)2(7)4(10)11-5/h2-3H,1H2. The molecule has 0 amide bonds. The molecule has 3 atom stereocenters. The van der Waals surface area contributed by atoms with E-state index in [-0.39, 0.29) is 15.6 Å². The average Bonchev–Trinajstić information content (AvgIpc) is 2.17. The lowest BCUT2D eigenvalue weighted by molar-refractivity contribution is -0.141. The summed E-state index contributed by atoms with van der Waals surface area (Å²) in [6.07, 6.45) is 0. The molecule has 1 rings (SSSR count). The molecule has 0 aromatic carbocycles. The number of hydrogen-bond acceptors (Lipinski definition) is 2. The number of alkyl halides is 4. The molecule has 1 aliphatic rings. The molecule has 1 heterocycles. The summed E-state index contributed by atoms with van der Waals surface area (Å²) in [5.41, 5.74) is 0. The fourth-order valence-corrected chi connectivity index (χ4v) is 3.39. The molecule has 6 heteroatoms. The zero-order chi connectivity index (χ0) is 8.65. The normalized spacial score (nSPS) is 44.2. The second kappa shape index (κ2) is 3.64. The van der Waals surface area contributed by atoms with Gasteiger partial charge in [0, 0.05) is 0 Å². The number of esters is 1. The Bertz CT molecular complexity index is 185. The first kappa shape index (κ1) is 10.5. The van der Waals surface area contributed by atoms with Crippen LogP contribution in [0.5, 0.6) is 0 Å². The van der Waals surface area contributed by atoms with Crippen LogP contribution in [0.25, 0.3) is 0 Å². The monoisotopic (exact) mass is 412 g/mol. The third-order valence-corrected chi connectivity index (χ3v) is 7.36. The summed E-state index contributed by atoms with van der Waals surface area (Å²) in [5.74, 6) is -0.247. The van der Waals surface area contributed by atoms with Gasteiger partial charge in [0.2, 0.25) is 0 Å². The molecule has 0 spiro atoms. The summed E-state index contributed by atoms with van der Waals surface area (Å²) >= 11 is 13.1. The van der Waals surface area contributed by atoms with Crippen molar-refractivity contribution in [1.29, 1.82) is 0 Å². The number of hydrogen-bond donors (Lipinski definition) is 0. The van der Waals surface area contributed by atoms with Crippen molar-refractivity contribution >= 4 is 69.7 Å². The number of carbonyl (C=O) groups is 1. The maximum atomic E-state index is 11.0. The van der Waals surface area contributed by atoms with Crippen molar-refractivity contribution in [2.75, 3.05) is 5.33 Å². The quantitative estimate of drug-likeness (QED) is 0.486. The van der Waals surface area contributed by atoms with E-state index in [1.807, 2.05) is 0 Å². The van der Waals surface area contributed by atoms with E-state index in [0.717, 1.165) is 0 Å². The van der Waals surface area contributed by atoms with Crippen LogP contribution in [0.4, 0.5) is 0 Å². The third-order valence-electron chi connectivity index (χ3n) is 1.35. The van der Waals surface area contributed by atoms with E-state index in [1.165, 1.54) is 0 Å². The predicted octanol–water partition coefficient (Wildman–Crippen LogP) is 2.56. The highest BCUT2D eigenvalue weighted by molar-refractivity contribution is 9.14. The Hall–Kier alpha value is 1.39. The van der Waals surface area contributed by atoms with Gasteiger partial charge in [0.15, 0.2) is 4.51 Å². The SMILES string of the molecule is O=C1OC(Br)(CBr)C(Br)C1Br. The number of ether oxygens (including phenoxy) is 1. The van der Waals surface area contributed by atoms with Gasteiger partial charge in [-0.15, -0.1) is 0 Å². The molecule has 0 aromatic heterocycles. The number of rotatable bonds is 1. The van der Waals surface area contributed by atoms with Crippen LogP contribution in [0.3, 0.4) is 0 Å². The van der Waals surface area contributed by atoms with Crippen molar-refractivity contribution in [3.8, 4) is 0 Å². The molecule has 0 bridgehead atoms. The topological polar surface area (TPSA) is 26.3 Å². The zero-order valence-corrected chi connectivity index (χ0v) is 11.5. The summed E-state index contributed by atoms with van der Waals surface area (Å²) in [4.78, 5) is 10.7. The Morgan fingerprint density at radius 2 is 2.09 bits per heavy atom. The van der Waals surface area contributed by atoms with Gasteiger partial charge in [0.25, 0.3) is 0 Å². The highest BCUT2D eigenvalue weighted by Crippen LogP contribution is 2.42. The largest absolute Gasteiger partial charge is 0.444 e.